The van der Waals surface area contributed by atoms with E-state index < -0.39 is 19.9 Å². The molecule has 2 fully saturated rings. The molecule has 2 aliphatic heterocycles. The molecule has 198 valence electrons. The zero-order valence-corrected chi connectivity index (χ0v) is 23.3. The minimum absolute atomic E-state index is 0.0234. The third-order valence-electron chi connectivity index (χ3n) is 7.06. The molecule has 9 nitrogen and oxygen atoms in total. The molecule has 0 bridgehead atoms. The number of sulfonamides is 1. The van der Waals surface area contributed by atoms with Crippen molar-refractivity contribution in [2.45, 2.75) is 42.0 Å². The van der Waals surface area contributed by atoms with E-state index in [1.807, 2.05) is 13.0 Å². The number of carbonyl (C=O) groups excluding carboxylic acids is 1. The lowest BCUT2D eigenvalue weighted by molar-refractivity contribution is 0.0746. The van der Waals surface area contributed by atoms with Gasteiger partial charge in [-0.3, -0.25) is 4.79 Å². The molecule has 1 atom stereocenters. The van der Waals surface area contributed by atoms with Crippen molar-refractivity contribution in [3.63, 3.8) is 0 Å². The maximum atomic E-state index is 13.1. The van der Waals surface area contributed by atoms with E-state index in [4.69, 9.17) is 0 Å². The van der Waals surface area contributed by atoms with Gasteiger partial charge >= 0.3 is 0 Å². The Morgan fingerprint density at radius 3 is 2.30 bits per heavy atom. The summed E-state index contributed by atoms with van der Waals surface area (Å²) in [5.41, 5.74) is 0.939. The second-order valence-corrected chi connectivity index (χ2v) is 14.5. The number of aromatic nitrogens is 1. The van der Waals surface area contributed by atoms with Gasteiger partial charge < -0.3 is 9.80 Å². The van der Waals surface area contributed by atoms with Crippen LogP contribution in [0.3, 0.4) is 0 Å². The number of carbonyl (C=O) groups is 1. The molecule has 0 aliphatic carbocycles. The van der Waals surface area contributed by atoms with Crippen molar-refractivity contribution < 1.29 is 21.6 Å². The highest BCUT2D eigenvalue weighted by Gasteiger charge is 2.31. The van der Waals surface area contributed by atoms with E-state index in [1.165, 1.54) is 29.7 Å². The molecule has 3 aromatic rings. The van der Waals surface area contributed by atoms with Crippen LogP contribution in [0.5, 0.6) is 0 Å². The van der Waals surface area contributed by atoms with Crippen molar-refractivity contribution >= 4 is 52.5 Å². The quantitative estimate of drug-likeness (QED) is 0.470. The summed E-state index contributed by atoms with van der Waals surface area (Å²) in [6, 6.07) is 11.4. The monoisotopic (exact) mass is 562 g/mol. The summed E-state index contributed by atoms with van der Waals surface area (Å²) in [4.78, 5) is 22.0. The van der Waals surface area contributed by atoms with E-state index >= 15 is 0 Å². The van der Waals surface area contributed by atoms with Crippen molar-refractivity contribution in [3.8, 4) is 0 Å². The SMILES string of the molecule is CC1CCCCN1S(=O)(=O)c1ccc(C(=O)N2CCN(c3nc4c(S(C)(=O)=O)cccc4s3)CC2)cc1. The van der Waals surface area contributed by atoms with E-state index in [9.17, 15) is 21.6 Å². The number of piperidine rings is 1. The summed E-state index contributed by atoms with van der Waals surface area (Å²) in [6.45, 7) is 4.57. The van der Waals surface area contributed by atoms with Gasteiger partial charge in [0.2, 0.25) is 10.0 Å². The average molecular weight is 563 g/mol. The summed E-state index contributed by atoms with van der Waals surface area (Å²) < 4.78 is 52.8. The first-order chi connectivity index (χ1) is 17.6. The Morgan fingerprint density at radius 2 is 1.65 bits per heavy atom. The molecular weight excluding hydrogens is 532 g/mol. The molecule has 2 saturated heterocycles. The topological polar surface area (TPSA) is 108 Å². The number of hydrogen-bond acceptors (Lipinski definition) is 8. The fourth-order valence-electron chi connectivity index (χ4n) is 4.96. The number of nitrogens with zero attached hydrogens (tertiary/aromatic N) is 4. The van der Waals surface area contributed by atoms with Gasteiger partial charge in [-0.2, -0.15) is 4.31 Å². The first kappa shape index (κ1) is 26.1. The van der Waals surface area contributed by atoms with Gasteiger partial charge in [0, 0.05) is 50.6 Å². The summed E-state index contributed by atoms with van der Waals surface area (Å²) in [5.74, 6) is -0.140. The van der Waals surface area contributed by atoms with Gasteiger partial charge in [0.1, 0.15) is 5.52 Å². The van der Waals surface area contributed by atoms with Crippen molar-refractivity contribution in [2.24, 2.45) is 0 Å². The first-order valence-electron chi connectivity index (χ1n) is 12.3. The molecule has 1 unspecified atom stereocenters. The summed E-state index contributed by atoms with van der Waals surface area (Å²) in [7, 11) is -6.97. The highest BCUT2D eigenvalue weighted by Crippen LogP contribution is 2.33. The normalized spacial score (nSPS) is 19.9. The molecule has 12 heteroatoms. The molecule has 1 aromatic heterocycles. The van der Waals surface area contributed by atoms with Crippen molar-refractivity contribution in [2.75, 3.05) is 43.9 Å². The molecule has 2 aliphatic rings. The molecule has 1 amide bonds. The maximum Gasteiger partial charge on any atom is 0.253 e. The number of amides is 1. The molecule has 2 aromatic carbocycles. The Morgan fingerprint density at radius 1 is 0.946 bits per heavy atom. The van der Waals surface area contributed by atoms with Crippen molar-refractivity contribution in [1.29, 1.82) is 0 Å². The molecule has 0 radical (unpaired) electrons. The number of hydrogen-bond donors (Lipinski definition) is 0. The van der Waals surface area contributed by atoms with Crippen LogP contribution in [0.15, 0.2) is 52.3 Å². The Kier molecular flexibility index (Phi) is 7.03. The van der Waals surface area contributed by atoms with Crippen LogP contribution in [0.1, 0.15) is 36.5 Å². The van der Waals surface area contributed by atoms with Crippen LogP contribution in [0, 0.1) is 0 Å². The minimum atomic E-state index is -3.58. The highest BCUT2D eigenvalue weighted by molar-refractivity contribution is 7.91. The van der Waals surface area contributed by atoms with Crippen LogP contribution >= 0.6 is 11.3 Å². The first-order valence-corrected chi connectivity index (χ1v) is 16.5. The van der Waals surface area contributed by atoms with E-state index in [0.717, 1.165) is 29.1 Å². The second kappa shape index (κ2) is 9.97. The highest BCUT2D eigenvalue weighted by atomic mass is 32.2. The van der Waals surface area contributed by atoms with Crippen LogP contribution < -0.4 is 4.90 Å². The van der Waals surface area contributed by atoms with Crippen LogP contribution in [0.2, 0.25) is 0 Å². The standard InChI is InChI=1S/C25H30N4O5S3/c1-18-6-3-4-13-29(18)37(33,34)20-11-9-19(10-12-20)24(30)27-14-16-28(17-15-27)25-26-23-21(35-25)7-5-8-22(23)36(2,31)32/h5,7-12,18H,3-4,6,13-17H2,1-2H3. The maximum absolute atomic E-state index is 13.1. The number of anilines is 1. The molecular formula is C25H30N4O5S3. The third-order valence-corrected chi connectivity index (χ3v) is 11.3. The van der Waals surface area contributed by atoms with E-state index in [1.54, 1.807) is 33.5 Å². The predicted molar refractivity (Wildman–Crippen MR) is 144 cm³/mol. The Hall–Kier alpha value is -2.54. The van der Waals surface area contributed by atoms with Crippen LogP contribution in [0.4, 0.5) is 5.13 Å². The number of benzene rings is 2. The summed E-state index contributed by atoms with van der Waals surface area (Å²) >= 11 is 1.44. The van der Waals surface area contributed by atoms with Gasteiger partial charge in [0.15, 0.2) is 15.0 Å². The Bertz CT molecular complexity index is 1530. The largest absolute Gasteiger partial charge is 0.345 e. The molecule has 0 N–H and O–H groups in total. The van der Waals surface area contributed by atoms with Crippen LogP contribution in [0.25, 0.3) is 10.2 Å². The van der Waals surface area contributed by atoms with E-state index in [-0.39, 0.29) is 21.7 Å². The lowest BCUT2D eigenvalue weighted by Crippen LogP contribution is -2.48. The zero-order chi connectivity index (χ0) is 26.4. The fourth-order valence-corrected chi connectivity index (χ4v) is 8.60. The Labute approximate surface area is 221 Å². The molecule has 5 rings (SSSR count). The van der Waals surface area contributed by atoms with Gasteiger partial charge in [-0.05, 0) is 56.2 Å². The van der Waals surface area contributed by atoms with Crippen molar-refractivity contribution in [3.05, 3.63) is 48.0 Å². The van der Waals surface area contributed by atoms with E-state index in [0.29, 0.717) is 43.8 Å². The van der Waals surface area contributed by atoms with Crippen LogP contribution in [-0.4, -0.2) is 82.0 Å². The molecule has 37 heavy (non-hydrogen) atoms. The van der Waals surface area contributed by atoms with E-state index in [2.05, 4.69) is 9.88 Å². The summed E-state index contributed by atoms with van der Waals surface area (Å²) in [5, 5.41) is 0.736. The molecule has 0 spiro atoms. The van der Waals surface area contributed by atoms with Gasteiger partial charge in [0.25, 0.3) is 5.91 Å². The summed E-state index contributed by atoms with van der Waals surface area (Å²) in [6.07, 6.45) is 3.94. The molecule has 3 heterocycles. The molecule has 0 saturated carbocycles. The number of fused-ring (bicyclic) bond motifs is 1. The van der Waals surface area contributed by atoms with Gasteiger partial charge in [-0.15, -0.1) is 0 Å². The van der Waals surface area contributed by atoms with Gasteiger partial charge in [-0.1, -0.05) is 23.8 Å². The van der Waals surface area contributed by atoms with Crippen LogP contribution in [-0.2, 0) is 19.9 Å². The average Bonchev–Trinajstić information content (AvgIpc) is 3.32. The van der Waals surface area contributed by atoms with Gasteiger partial charge in [0.05, 0.1) is 14.5 Å². The number of rotatable bonds is 5. The minimum Gasteiger partial charge on any atom is -0.345 e. The number of thiazole rings is 1. The number of piperazine rings is 1. The lowest BCUT2D eigenvalue weighted by atomic mass is 10.1. The predicted octanol–water partition coefficient (Wildman–Crippen LogP) is 3.23. The zero-order valence-electron chi connectivity index (χ0n) is 20.8. The number of sulfone groups is 1. The fraction of sp³-hybridized carbons (Fsp3) is 0.440. The third kappa shape index (κ3) is 5.12. The Balaban J connectivity index is 1.26. The smallest absolute Gasteiger partial charge is 0.253 e. The second-order valence-electron chi connectivity index (χ2n) is 9.64. The lowest BCUT2D eigenvalue weighted by Gasteiger charge is -2.34. The number of para-hydroxylation sites is 1. The van der Waals surface area contributed by atoms with Gasteiger partial charge in [-0.25, -0.2) is 21.8 Å². The van der Waals surface area contributed by atoms with Crippen molar-refractivity contribution in [1.82, 2.24) is 14.2 Å².